The predicted octanol–water partition coefficient (Wildman–Crippen LogP) is 1.60. The van der Waals surface area contributed by atoms with E-state index in [1.807, 2.05) is 42.6 Å². The number of anilines is 1. The first kappa shape index (κ1) is 19.8. The van der Waals surface area contributed by atoms with E-state index < -0.39 is 0 Å². The van der Waals surface area contributed by atoms with Gasteiger partial charge >= 0.3 is 0 Å². The molecule has 1 fully saturated rings. The maximum absolute atomic E-state index is 12.9. The van der Waals surface area contributed by atoms with E-state index in [1.165, 1.54) is 0 Å². The number of likely N-dealkylation sites (tertiary alicyclic amines) is 1. The molecule has 29 heavy (non-hydrogen) atoms. The summed E-state index contributed by atoms with van der Waals surface area (Å²) in [5.41, 5.74) is 1.14. The number of rotatable bonds is 5. The molecule has 2 aromatic heterocycles. The molecule has 0 aromatic carbocycles. The number of thiophene rings is 1. The number of carbonyl (C=O) groups excluding carboxylic acids is 2. The number of amides is 2. The molecule has 8 heteroatoms. The zero-order valence-corrected chi connectivity index (χ0v) is 17.6. The van der Waals surface area contributed by atoms with Crippen molar-refractivity contribution in [3.05, 3.63) is 50.6 Å². The van der Waals surface area contributed by atoms with E-state index in [9.17, 15) is 14.4 Å². The monoisotopic (exact) mass is 414 g/mol. The van der Waals surface area contributed by atoms with E-state index in [-0.39, 0.29) is 35.8 Å². The standard InChI is InChI=1S/C21H26N4O3S/c1-23(2)13-19(26)22-17-5-6-18-15-8-14(11-25(18)21(17)28)10-24(12-15)20(27)9-16-4-3-7-29-16/h3-7,14-15H,8-13H2,1-2H3,(H,22,26)/t14-,15-/m1/s1. The number of aromatic nitrogens is 1. The summed E-state index contributed by atoms with van der Waals surface area (Å²) >= 11 is 1.61. The molecule has 2 amide bonds. The highest BCUT2D eigenvalue weighted by Gasteiger charge is 2.36. The predicted molar refractivity (Wildman–Crippen MR) is 113 cm³/mol. The molecule has 2 atom stereocenters. The van der Waals surface area contributed by atoms with Crippen LogP contribution >= 0.6 is 11.3 Å². The van der Waals surface area contributed by atoms with Crippen LogP contribution < -0.4 is 10.9 Å². The Balaban J connectivity index is 1.51. The van der Waals surface area contributed by atoms with Crippen molar-refractivity contribution in [2.24, 2.45) is 5.92 Å². The third kappa shape index (κ3) is 4.28. The molecule has 2 aliphatic heterocycles. The lowest BCUT2D eigenvalue weighted by molar-refractivity contribution is -0.133. The molecular formula is C21H26N4O3S. The molecule has 2 bridgehead atoms. The summed E-state index contributed by atoms with van der Waals surface area (Å²) in [5, 5.41) is 4.72. The summed E-state index contributed by atoms with van der Waals surface area (Å²) in [5.74, 6) is 0.382. The second-order valence-electron chi connectivity index (χ2n) is 8.23. The molecule has 7 nitrogen and oxygen atoms in total. The first-order valence-corrected chi connectivity index (χ1v) is 10.8. The van der Waals surface area contributed by atoms with E-state index in [2.05, 4.69) is 5.32 Å². The maximum Gasteiger partial charge on any atom is 0.274 e. The third-order valence-corrected chi connectivity index (χ3v) is 6.47. The Morgan fingerprint density at radius 3 is 2.76 bits per heavy atom. The first-order chi connectivity index (χ1) is 13.9. The number of nitrogens with one attached hydrogen (secondary N) is 1. The molecule has 2 aliphatic rings. The number of hydrogen-bond acceptors (Lipinski definition) is 5. The molecule has 4 heterocycles. The lowest BCUT2D eigenvalue weighted by Crippen LogP contribution is -2.49. The van der Waals surface area contributed by atoms with Gasteiger partial charge < -0.3 is 19.7 Å². The van der Waals surface area contributed by atoms with E-state index in [0.717, 1.165) is 17.0 Å². The van der Waals surface area contributed by atoms with Gasteiger partial charge in [-0.05, 0) is 50.0 Å². The quantitative estimate of drug-likeness (QED) is 0.807. The minimum atomic E-state index is -0.200. The van der Waals surface area contributed by atoms with Gasteiger partial charge in [-0.25, -0.2) is 0 Å². The fraction of sp³-hybridized carbons (Fsp3) is 0.476. The molecule has 0 radical (unpaired) electrons. The van der Waals surface area contributed by atoms with Gasteiger partial charge in [0.1, 0.15) is 5.69 Å². The van der Waals surface area contributed by atoms with Crippen LogP contribution in [0.15, 0.2) is 34.4 Å². The Morgan fingerprint density at radius 2 is 2.03 bits per heavy atom. The van der Waals surface area contributed by atoms with E-state index in [0.29, 0.717) is 31.7 Å². The highest BCUT2D eigenvalue weighted by molar-refractivity contribution is 7.10. The smallest absolute Gasteiger partial charge is 0.274 e. The van der Waals surface area contributed by atoms with Crippen molar-refractivity contribution < 1.29 is 9.59 Å². The molecular weight excluding hydrogens is 388 g/mol. The number of pyridine rings is 1. The summed E-state index contributed by atoms with van der Waals surface area (Å²) in [6.07, 6.45) is 1.44. The summed E-state index contributed by atoms with van der Waals surface area (Å²) in [6, 6.07) is 7.60. The molecule has 2 aromatic rings. The molecule has 1 N–H and O–H groups in total. The number of fused-ring (bicyclic) bond motifs is 4. The fourth-order valence-electron chi connectivity index (χ4n) is 4.40. The lowest BCUT2D eigenvalue weighted by Gasteiger charge is -2.43. The van der Waals surface area contributed by atoms with Crippen molar-refractivity contribution in [2.75, 3.05) is 39.0 Å². The van der Waals surface area contributed by atoms with Crippen LogP contribution in [0.4, 0.5) is 5.69 Å². The normalized spacial score (nSPS) is 20.4. The molecule has 0 saturated carbocycles. The molecule has 0 aliphatic carbocycles. The Kier molecular flexibility index (Phi) is 5.56. The van der Waals surface area contributed by atoms with Crippen LogP contribution in [0.1, 0.15) is 22.9 Å². The van der Waals surface area contributed by atoms with Crippen LogP contribution in [0.2, 0.25) is 0 Å². The zero-order chi connectivity index (χ0) is 20.5. The van der Waals surface area contributed by atoms with E-state index in [4.69, 9.17) is 0 Å². The van der Waals surface area contributed by atoms with Gasteiger partial charge in [0.2, 0.25) is 11.8 Å². The Morgan fingerprint density at radius 1 is 1.21 bits per heavy atom. The van der Waals surface area contributed by atoms with Gasteiger partial charge in [0.05, 0.1) is 13.0 Å². The van der Waals surface area contributed by atoms with Crippen molar-refractivity contribution in [2.45, 2.75) is 25.3 Å². The Bertz CT molecular complexity index is 967. The number of hydrogen-bond donors (Lipinski definition) is 1. The third-order valence-electron chi connectivity index (χ3n) is 5.60. The molecule has 4 rings (SSSR count). The average molecular weight is 415 g/mol. The summed E-state index contributed by atoms with van der Waals surface area (Å²) < 4.78 is 1.80. The van der Waals surface area contributed by atoms with Gasteiger partial charge in [-0.1, -0.05) is 6.07 Å². The van der Waals surface area contributed by atoms with Gasteiger partial charge in [-0.15, -0.1) is 11.3 Å². The van der Waals surface area contributed by atoms with Gasteiger partial charge in [0.15, 0.2) is 0 Å². The zero-order valence-electron chi connectivity index (χ0n) is 16.8. The maximum atomic E-state index is 12.9. The van der Waals surface area contributed by atoms with Crippen LogP contribution in [-0.2, 0) is 22.6 Å². The van der Waals surface area contributed by atoms with Gasteiger partial charge in [-0.2, -0.15) is 0 Å². The largest absolute Gasteiger partial charge is 0.341 e. The van der Waals surface area contributed by atoms with Crippen LogP contribution in [0.5, 0.6) is 0 Å². The van der Waals surface area contributed by atoms with E-state index in [1.54, 1.807) is 26.9 Å². The fourth-order valence-corrected chi connectivity index (χ4v) is 5.09. The SMILES string of the molecule is CN(C)CC(=O)Nc1ccc2n(c1=O)C[C@@H]1C[C@@H]2CN(C(=O)Cc2cccs2)C1. The van der Waals surface area contributed by atoms with Crippen LogP contribution in [0.25, 0.3) is 0 Å². The summed E-state index contributed by atoms with van der Waals surface area (Å²) in [6.45, 7) is 2.15. The molecule has 154 valence electrons. The van der Waals surface area contributed by atoms with Crippen molar-refractivity contribution >= 4 is 28.8 Å². The first-order valence-electron chi connectivity index (χ1n) is 9.89. The summed E-state index contributed by atoms with van der Waals surface area (Å²) in [4.78, 5) is 42.5. The lowest BCUT2D eigenvalue weighted by atomic mass is 9.83. The van der Waals surface area contributed by atoms with Gasteiger partial charge in [0, 0.05) is 36.1 Å². The van der Waals surface area contributed by atoms with Crippen molar-refractivity contribution in [1.82, 2.24) is 14.4 Å². The minimum absolute atomic E-state index is 0.150. The van der Waals surface area contributed by atoms with Crippen molar-refractivity contribution in [1.29, 1.82) is 0 Å². The second-order valence-corrected chi connectivity index (χ2v) is 9.26. The number of piperidine rings is 1. The van der Waals surface area contributed by atoms with Crippen molar-refractivity contribution in [3.63, 3.8) is 0 Å². The van der Waals surface area contributed by atoms with Crippen molar-refractivity contribution in [3.8, 4) is 0 Å². The number of likely N-dealkylation sites (N-methyl/N-ethyl adjacent to an activating group) is 1. The van der Waals surface area contributed by atoms with Gasteiger partial charge in [-0.3, -0.25) is 14.4 Å². The molecule has 0 spiro atoms. The highest BCUT2D eigenvalue weighted by Crippen LogP contribution is 2.35. The van der Waals surface area contributed by atoms with Crippen LogP contribution in [0.3, 0.4) is 0 Å². The molecule has 0 unspecified atom stereocenters. The minimum Gasteiger partial charge on any atom is -0.341 e. The average Bonchev–Trinajstić information content (AvgIpc) is 3.16. The van der Waals surface area contributed by atoms with E-state index >= 15 is 0 Å². The molecule has 1 saturated heterocycles. The Labute approximate surface area is 173 Å². The second kappa shape index (κ2) is 8.12. The number of nitrogens with zero attached hydrogens (tertiary/aromatic N) is 3. The van der Waals surface area contributed by atoms with Crippen LogP contribution in [0, 0.1) is 5.92 Å². The van der Waals surface area contributed by atoms with Crippen LogP contribution in [-0.4, -0.2) is 59.9 Å². The summed E-state index contributed by atoms with van der Waals surface area (Å²) in [7, 11) is 3.62. The Hall–Kier alpha value is -2.45. The number of carbonyl (C=O) groups is 2. The topological polar surface area (TPSA) is 74.7 Å². The highest BCUT2D eigenvalue weighted by atomic mass is 32.1. The van der Waals surface area contributed by atoms with Gasteiger partial charge in [0.25, 0.3) is 5.56 Å².